The molecule has 1 aliphatic heterocycles. The zero-order chi connectivity index (χ0) is 18.8. The van der Waals surface area contributed by atoms with Crippen molar-refractivity contribution in [3.05, 3.63) is 47.7 Å². The Morgan fingerprint density at radius 2 is 2.04 bits per heavy atom. The van der Waals surface area contributed by atoms with Gasteiger partial charge in [-0.3, -0.25) is 4.68 Å². The van der Waals surface area contributed by atoms with Crippen molar-refractivity contribution < 1.29 is 14.2 Å². The summed E-state index contributed by atoms with van der Waals surface area (Å²) < 4.78 is 20.2. The predicted molar refractivity (Wildman–Crippen MR) is 98.4 cm³/mol. The molecule has 8 nitrogen and oxygen atoms in total. The summed E-state index contributed by atoms with van der Waals surface area (Å²) in [5, 5.41) is 9.00. The standard InChI is InChI=1S/C19H23N5O3/c1-23-18(8-9-20-23)24-19(15-5-4-10-27-15)21-17(22-24)12-13-6-7-14(25-2)16(11-13)26-3/h6-9,11,15H,4-5,10,12H2,1-3H3. The van der Waals surface area contributed by atoms with E-state index in [0.29, 0.717) is 17.9 Å². The van der Waals surface area contributed by atoms with Gasteiger partial charge in [0.25, 0.3) is 0 Å². The van der Waals surface area contributed by atoms with Gasteiger partial charge in [0, 0.05) is 26.1 Å². The van der Waals surface area contributed by atoms with Gasteiger partial charge in [-0.2, -0.15) is 9.78 Å². The Morgan fingerprint density at radius 1 is 1.19 bits per heavy atom. The fourth-order valence-electron chi connectivity index (χ4n) is 3.35. The molecular weight excluding hydrogens is 346 g/mol. The van der Waals surface area contributed by atoms with Crippen molar-refractivity contribution in [1.82, 2.24) is 24.5 Å². The van der Waals surface area contributed by atoms with Crippen LogP contribution in [-0.2, 0) is 18.2 Å². The van der Waals surface area contributed by atoms with Crippen LogP contribution in [0.5, 0.6) is 11.5 Å². The largest absolute Gasteiger partial charge is 0.493 e. The summed E-state index contributed by atoms with van der Waals surface area (Å²) in [4.78, 5) is 4.80. The van der Waals surface area contributed by atoms with Crippen LogP contribution in [0.3, 0.4) is 0 Å². The second-order valence-electron chi connectivity index (χ2n) is 6.48. The number of aromatic nitrogens is 5. The molecule has 142 valence electrons. The molecule has 8 heteroatoms. The zero-order valence-corrected chi connectivity index (χ0v) is 15.8. The summed E-state index contributed by atoms with van der Waals surface area (Å²) in [5.41, 5.74) is 1.05. The van der Waals surface area contributed by atoms with Gasteiger partial charge < -0.3 is 14.2 Å². The van der Waals surface area contributed by atoms with E-state index in [0.717, 1.165) is 42.5 Å². The molecule has 1 atom stereocenters. The fourth-order valence-corrected chi connectivity index (χ4v) is 3.35. The summed E-state index contributed by atoms with van der Waals surface area (Å²) in [5.74, 6) is 3.82. The van der Waals surface area contributed by atoms with Crippen molar-refractivity contribution in [2.75, 3.05) is 20.8 Å². The van der Waals surface area contributed by atoms with Crippen molar-refractivity contribution >= 4 is 0 Å². The van der Waals surface area contributed by atoms with Gasteiger partial charge in [0.2, 0.25) is 0 Å². The van der Waals surface area contributed by atoms with Crippen LogP contribution in [0.2, 0.25) is 0 Å². The molecule has 2 aromatic heterocycles. The Bertz CT molecular complexity index is 927. The molecule has 1 saturated heterocycles. The van der Waals surface area contributed by atoms with Gasteiger partial charge in [0.05, 0.1) is 20.4 Å². The van der Waals surface area contributed by atoms with E-state index >= 15 is 0 Å². The minimum Gasteiger partial charge on any atom is -0.493 e. The van der Waals surface area contributed by atoms with E-state index < -0.39 is 0 Å². The van der Waals surface area contributed by atoms with Gasteiger partial charge in [-0.25, -0.2) is 4.98 Å². The average Bonchev–Trinajstić information content (AvgIpc) is 3.42. The topological polar surface area (TPSA) is 76.2 Å². The molecule has 0 amide bonds. The summed E-state index contributed by atoms with van der Waals surface area (Å²) in [7, 11) is 5.15. The third kappa shape index (κ3) is 3.40. The molecule has 0 aliphatic carbocycles. The van der Waals surface area contributed by atoms with E-state index in [1.165, 1.54) is 0 Å². The number of ether oxygens (including phenoxy) is 3. The van der Waals surface area contributed by atoms with Crippen LogP contribution in [0.1, 0.15) is 36.2 Å². The number of hydrogen-bond acceptors (Lipinski definition) is 6. The lowest BCUT2D eigenvalue weighted by atomic mass is 10.1. The molecule has 27 heavy (non-hydrogen) atoms. The highest BCUT2D eigenvalue weighted by molar-refractivity contribution is 5.43. The van der Waals surface area contributed by atoms with Crippen LogP contribution in [-0.4, -0.2) is 45.4 Å². The molecule has 0 saturated carbocycles. The molecule has 3 aromatic rings. The first kappa shape index (κ1) is 17.5. The number of hydrogen-bond donors (Lipinski definition) is 0. The van der Waals surface area contributed by atoms with E-state index in [1.54, 1.807) is 25.1 Å². The van der Waals surface area contributed by atoms with E-state index in [1.807, 2.05) is 36.0 Å². The highest BCUT2D eigenvalue weighted by Gasteiger charge is 2.26. The first-order valence-corrected chi connectivity index (χ1v) is 8.96. The first-order valence-electron chi connectivity index (χ1n) is 8.96. The van der Waals surface area contributed by atoms with Crippen molar-refractivity contribution in [2.45, 2.75) is 25.4 Å². The maximum atomic E-state index is 5.86. The first-order chi connectivity index (χ1) is 13.2. The van der Waals surface area contributed by atoms with Gasteiger partial charge in [-0.05, 0) is 30.5 Å². The number of nitrogens with zero attached hydrogens (tertiary/aromatic N) is 5. The Morgan fingerprint density at radius 3 is 2.70 bits per heavy atom. The lowest BCUT2D eigenvalue weighted by Crippen LogP contribution is -2.11. The van der Waals surface area contributed by atoms with Crippen LogP contribution in [0, 0.1) is 0 Å². The second-order valence-corrected chi connectivity index (χ2v) is 6.48. The molecule has 3 heterocycles. The van der Waals surface area contributed by atoms with Gasteiger partial charge >= 0.3 is 0 Å². The van der Waals surface area contributed by atoms with Gasteiger partial charge in [-0.1, -0.05) is 6.07 Å². The van der Waals surface area contributed by atoms with E-state index in [9.17, 15) is 0 Å². The van der Waals surface area contributed by atoms with Crippen LogP contribution in [0.4, 0.5) is 0 Å². The van der Waals surface area contributed by atoms with Crippen LogP contribution >= 0.6 is 0 Å². The van der Waals surface area contributed by atoms with Gasteiger partial charge in [0.15, 0.2) is 29.0 Å². The Hall–Kier alpha value is -2.87. The normalized spacial score (nSPS) is 16.6. The molecule has 0 bridgehead atoms. The average molecular weight is 369 g/mol. The maximum Gasteiger partial charge on any atom is 0.163 e. The van der Waals surface area contributed by atoms with Gasteiger partial charge in [0.1, 0.15) is 6.10 Å². The van der Waals surface area contributed by atoms with Crippen molar-refractivity contribution in [2.24, 2.45) is 7.05 Å². The molecule has 0 spiro atoms. The highest BCUT2D eigenvalue weighted by Crippen LogP contribution is 2.30. The van der Waals surface area contributed by atoms with E-state index in [2.05, 4.69) is 5.10 Å². The smallest absolute Gasteiger partial charge is 0.163 e. The van der Waals surface area contributed by atoms with Crippen LogP contribution in [0.15, 0.2) is 30.5 Å². The van der Waals surface area contributed by atoms with Crippen molar-refractivity contribution in [3.63, 3.8) is 0 Å². The Kier molecular flexibility index (Phi) is 4.81. The molecule has 1 aliphatic rings. The lowest BCUT2D eigenvalue weighted by molar-refractivity contribution is 0.103. The molecule has 0 N–H and O–H groups in total. The second kappa shape index (κ2) is 7.40. The van der Waals surface area contributed by atoms with Crippen LogP contribution < -0.4 is 9.47 Å². The van der Waals surface area contributed by atoms with Crippen molar-refractivity contribution in [1.29, 1.82) is 0 Å². The lowest BCUT2D eigenvalue weighted by Gasteiger charge is -2.10. The molecular formula is C19H23N5O3. The number of benzene rings is 1. The monoisotopic (exact) mass is 369 g/mol. The number of aryl methyl sites for hydroxylation is 1. The third-order valence-corrected chi connectivity index (χ3v) is 4.72. The molecule has 1 aromatic carbocycles. The van der Waals surface area contributed by atoms with Gasteiger partial charge in [-0.15, -0.1) is 5.10 Å². The van der Waals surface area contributed by atoms with Crippen molar-refractivity contribution in [3.8, 4) is 17.3 Å². The molecule has 4 rings (SSSR count). The molecule has 0 radical (unpaired) electrons. The minimum absolute atomic E-state index is 0.0356. The number of methoxy groups -OCH3 is 2. The third-order valence-electron chi connectivity index (χ3n) is 4.72. The summed E-state index contributed by atoms with van der Waals surface area (Å²) in [6, 6.07) is 7.77. The Balaban J connectivity index is 1.68. The highest BCUT2D eigenvalue weighted by atomic mass is 16.5. The predicted octanol–water partition coefficient (Wildman–Crippen LogP) is 2.46. The SMILES string of the molecule is COc1ccc(Cc2nc(C3CCCO3)n(-c3ccnn3C)n2)cc1OC. The summed E-state index contributed by atoms with van der Waals surface area (Å²) >= 11 is 0. The number of rotatable bonds is 6. The molecule has 1 fully saturated rings. The summed E-state index contributed by atoms with van der Waals surface area (Å²) in [6.07, 6.45) is 4.29. The maximum absolute atomic E-state index is 5.86. The van der Waals surface area contributed by atoms with E-state index in [-0.39, 0.29) is 6.10 Å². The zero-order valence-electron chi connectivity index (χ0n) is 15.8. The fraction of sp³-hybridized carbons (Fsp3) is 0.421. The summed E-state index contributed by atoms with van der Waals surface area (Å²) in [6.45, 7) is 0.758. The van der Waals surface area contributed by atoms with Crippen LogP contribution in [0.25, 0.3) is 5.82 Å². The minimum atomic E-state index is -0.0356. The molecule has 1 unspecified atom stereocenters. The quantitative estimate of drug-likeness (QED) is 0.664. The Labute approximate surface area is 157 Å². The van der Waals surface area contributed by atoms with E-state index in [4.69, 9.17) is 24.3 Å².